The van der Waals surface area contributed by atoms with E-state index < -0.39 is 11.9 Å². The summed E-state index contributed by atoms with van der Waals surface area (Å²) in [5.41, 5.74) is 4.75. The highest BCUT2D eigenvalue weighted by Crippen LogP contribution is 2.42. The van der Waals surface area contributed by atoms with Gasteiger partial charge in [0.25, 0.3) is 0 Å². The molecule has 0 unspecified atom stereocenters. The van der Waals surface area contributed by atoms with Crippen LogP contribution in [0.15, 0.2) is 22.8 Å². The molecule has 0 aromatic carbocycles. The normalized spacial score (nSPS) is 29.6. The van der Waals surface area contributed by atoms with Gasteiger partial charge in [0.2, 0.25) is 0 Å². The van der Waals surface area contributed by atoms with E-state index in [0.29, 0.717) is 5.41 Å². The van der Waals surface area contributed by atoms with E-state index in [4.69, 9.17) is 14.9 Å². The average molecular weight is 393 g/mol. The predicted molar refractivity (Wildman–Crippen MR) is 113 cm³/mol. The van der Waals surface area contributed by atoms with Crippen molar-refractivity contribution >= 4 is 5.97 Å². The lowest BCUT2D eigenvalue weighted by molar-refractivity contribution is -0.411. The summed E-state index contributed by atoms with van der Waals surface area (Å²) in [7, 11) is 0. The van der Waals surface area contributed by atoms with Crippen LogP contribution in [-0.4, -0.2) is 22.8 Å². The third kappa shape index (κ3) is 6.18. The number of carboxylic acids is 1. The maximum absolute atomic E-state index is 11.1. The first-order chi connectivity index (χ1) is 13.0. The maximum atomic E-state index is 11.1. The van der Waals surface area contributed by atoms with Crippen LogP contribution in [0.3, 0.4) is 0 Å². The summed E-state index contributed by atoms with van der Waals surface area (Å²) in [6.07, 6.45) is 11.6. The molecule has 0 aromatic rings. The fraction of sp³-hybridized carbons (Fsp3) is 0.792. The largest absolute Gasteiger partial charge is 0.481 e. The molecule has 0 spiro atoms. The van der Waals surface area contributed by atoms with Gasteiger partial charge in [-0.3, -0.25) is 4.79 Å². The second-order valence-corrected chi connectivity index (χ2v) is 9.92. The highest BCUT2D eigenvalue weighted by Gasteiger charge is 2.37. The van der Waals surface area contributed by atoms with Crippen LogP contribution in [0.2, 0.25) is 0 Å². The number of hydrogen-bond donors (Lipinski definition) is 1. The van der Waals surface area contributed by atoms with Crippen LogP contribution >= 0.6 is 0 Å². The van der Waals surface area contributed by atoms with Gasteiger partial charge in [0, 0.05) is 0 Å². The van der Waals surface area contributed by atoms with Gasteiger partial charge in [0.1, 0.15) is 11.7 Å². The zero-order chi connectivity index (χ0) is 20.9. The highest BCUT2D eigenvalue weighted by atomic mass is 17.2. The molecular formula is C24H40O4. The van der Waals surface area contributed by atoms with Crippen molar-refractivity contribution in [3.05, 3.63) is 22.8 Å². The molecule has 0 radical (unpaired) electrons. The lowest BCUT2D eigenvalue weighted by Crippen LogP contribution is -2.41. The van der Waals surface area contributed by atoms with Crippen LogP contribution < -0.4 is 0 Å². The van der Waals surface area contributed by atoms with Crippen molar-refractivity contribution in [1.29, 1.82) is 0 Å². The Balaban J connectivity index is 1.79. The monoisotopic (exact) mass is 392 g/mol. The summed E-state index contributed by atoms with van der Waals surface area (Å²) in [4.78, 5) is 22.2. The molecule has 2 rings (SSSR count). The molecule has 160 valence electrons. The molecule has 0 bridgehead atoms. The predicted octanol–water partition coefficient (Wildman–Crippen LogP) is 6.61. The standard InChI is InChI=1S/C24H40O4/c1-17(11-12-20-18(2)10-8-14-23(20,4)5)9-7-15-24(6)16-13-21(27-28-24)19(3)22(25)26/h9,19,21H,7-8,10-16H2,1-6H3,(H,25,26)/b17-9-/t19-,21+,24-/m0/s1. The molecule has 1 fully saturated rings. The SMILES string of the molecule is CC1=C(CC/C(C)=C\CC[C@@]2(C)CC[C@H]([C@H](C)C(=O)O)OO2)C(C)(C)CCC1. The molecule has 1 heterocycles. The molecule has 1 N–H and O–H groups in total. The number of hydrogen-bond acceptors (Lipinski definition) is 3. The molecule has 0 aromatic heterocycles. The van der Waals surface area contributed by atoms with Crippen LogP contribution in [0.1, 0.15) is 99.3 Å². The summed E-state index contributed by atoms with van der Waals surface area (Å²) >= 11 is 0. The molecule has 1 saturated heterocycles. The first-order valence-corrected chi connectivity index (χ1v) is 11.0. The van der Waals surface area contributed by atoms with E-state index in [1.165, 1.54) is 31.3 Å². The van der Waals surface area contributed by atoms with Gasteiger partial charge >= 0.3 is 5.97 Å². The third-order valence-electron chi connectivity index (χ3n) is 6.90. The minimum absolute atomic E-state index is 0.323. The number of allylic oxidation sites excluding steroid dienone is 4. The van der Waals surface area contributed by atoms with E-state index in [1.54, 1.807) is 18.1 Å². The molecule has 2 aliphatic rings. The summed E-state index contributed by atoms with van der Waals surface area (Å²) < 4.78 is 0. The van der Waals surface area contributed by atoms with Crippen molar-refractivity contribution in [3.63, 3.8) is 0 Å². The Labute approximate surface area is 171 Å². The molecule has 1 aliphatic heterocycles. The van der Waals surface area contributed by atoms with Crippen molar-refractivity contribution in [1.82, 2.24) is 0 Å². The lowest BCUT2D eigenvalue weighted by atomic mass is 9.71. The van der Waals surface area contributed by atoms with Crippen LogP contribution in [0.5, 0.6) is 0 Å². The van der Waals surface area contributed by atoms with Crippen molar-refractivity contribution in [3.8, 4) is 0 Å². The topological polar surface area (TPSA) is 55.8 Å². The maximum Gasteiger partial charge on any atom is 0.308 e. The zero-order valence-corrected chi connectivity index (χ0v) is 18.8. The molecule has 0 amide bonds. The van der Waals surface area contributed by atoms with Gasteiger partial charge in [-0.15, -0.1) is 0 Å². The van der Waals surface area contributed by atoms with E-state index in [9.17, 15) is 4.79 Å². The van der Waals surface area contributed by atoms with Gasteiger partial charge in [-0.2, -0.15) is 0 Å². The molecule has 0 saturated carbocycles. The van der Waals surface area contributed by atoms with Crippen molar-refractivity contribution in [2.24, 2.45) is 11.3 Å². The van der Waals surface area contributed by atoms with Crippen LogP contribution in [0, 0.1) is 11.3 Å². The van der Waals surface area contributed by atoms with Crippen molar-refractivity contribution in [2.45, 2.75) is 111 Å². The summed E-state index contributed by atoms with van der Waals surface area (Å²) in [5.74, 6) is -1.37. The second kappa shape index (κ2) is 9.58. The van der Waals surface area contributed by atoms with E-state index >= 15 is 0 Å². The quantitative estimate of drug-likeness (QED) is 0.373. The van der Waals surface area contributed by atoms with Gasteiger partial charge in [0.15, 0.2) is 0 Å². The van der Waals surface area contributed by atoms with E-state index in [0.717, 1.165) is 32.1 Å². The Morgan fingerprint density at radius 2 is 2.04 bits per heavy atom. The lowest BCUT2D eigenvalue weighted by Gasteiger charge is -2.37. The van der Waals surface area contributed by atoms with Gasteiger partial charge in [-0.25, -0.2) is 9.78 Å². The molecule has 28 heavy (non-hydrogen) atoms. The fourth-order valence-electron chi connectivity index (χ4n) is 4.65. The second-order valence-electron chi connectivity index (χ2n) is 9.92. The molecule has 4 nitrogen and oxygen atoms in total. The number of aliphatic carboxylic acids is 1. The Morgan fingerprint density at radius 3 is 2.61 bits per heavy atom. The first-order valence-electron chi connectivity index (χ1n) is 11.0. The molecule has 1 aliphatic carbocycles. The van der Waals surface area contributed by atoms with Crippen molar-refractivity contribution < 1.29 is 19.7 Å². The molecule has 3 atom stereocenters. The summed E-state index contributed by atoms with van der Waals surface area (Å²) in [6, 6.07) is 0. The molecule has 4 heteroatoms. The Kier molecular flexibility index (Phi) is 7.92. The summed E-state index contributed by atoms with van der Waals surface area (Å²) in [5, 5.41) is 9.11. The summed E-state index contributed by atoms with van der Waals surface area (Å²) in [6.45, 7) is 13.1. The molecular weight excluding hydrogens is 352 g/mol. The Morgan fingerprint density at radius 1 is 1.32 bits per heavy atom. The fourth-order valence-corrected chi connectivity index (χ4v) is 4.65. The van der Waals surface area contributed by atoms with Crippen molar-refractivity contribution in [2.75, 3.05) is 0 Å². The first kappa shape index (κ1) is 23.2. The smallest absolute Gasteiger partial charge is 0.308 e. The minimum atomic E-state index is -0.831. The average Bonchev–Trinajstić information content (AvgIpc) is 2.60. The Hall–Kier alpha value is -1.13. The van der Waals surface area contributed by atoms with E-state index in [1.807, 2.05) is 0 Å². The number of carbonyl (C=O) groups is 1. The number of rotatable bonds is 8. The highest BCUT2D eigenvalue weighted by molar-refractivity contribution is 5.70. The van der Waals surface area contributed by atoms with Crippen LogP contribution in [0.25, 0.3) is 0 Å². The van der Waals surface area contributed by atoms with E-state index in [-0.39, 0.29) is 11.7 Å². The zero-order valence-electron chi connectivity index (χ0n) is 18.8. The van der Waals surface area contributed by atoms with Crippen LogP contribution in [0.4, 0.5) is 0 Å². The van der Waals surface area contributed by atoms with Gasteiger partial charge in [-0.1, -0.05) is 36.6 Å². The van der Waals surface area contributed by atoms with Gasteiger partial charge in [-0.05, 0) is 90.9 Å². The number of carboxylic acid groups (broad SMARTS) is 1. The van der Waals surface area contributed by atoms with Gasteiger partial charge < -0.3 is 5.11 Å². The van der Waals surface area contributed by atoms with Gasteiger partial charge in [0.05, 0.1) is 5.92 Å². The Bertz CT molecular complexity index is 606. The van der Waals surface area contributed by atoms with Crippen LogP contribution in [-0.2, 0) is 14.6 Å². The third-order valence-corrected chi connectivity index (χ3v) is 6.90. The van der Waals surface area contributed by atoms with E-state index in [2.05, 4.69) is 40.7 Å². The minimum Gasteiger partial charge on any atom is -0.481 e.